The number of fused-ring (bicyclic) bond motifs is 3. The lowest BCUT2D eigenvalue weighted by atomic mass is 10.1. The maximum atomic E-state index is 11.0. The molecule has 0 fully saturated rings. The fourth-order valence-electron chi connectivity index (χ4n) is 3.66. The number of rotatable bonds is 6. The first kappa shape index (κ1) is 18.1. The highest BCUT2D eigenvalue weighted by molar-refractivity contribution is 6.08. The number of nitrogens with zero attached hydrogens (tertiary/aromatic N) is 1. The number of carbonyl (C=O) groups is 1. The minimum atomic E-state index is -0.902. The van der Waals surface area contributed by atoms with Crippen molar-refractivity contribution in [3.8, 4) is 0 Å². The van der Waals surface area contributed by atoms with E-state index >= 15 is 0 Å². The fourth-order valence-corrected chi connectivity index (χ4v) is 3.66. The second-order valence-corrected chi connectivity index (χ2v) is 7.06. The second-order valence-electron chi connectivity index (χ2n) is 7.06. The van der Waals surface area contributed by atoms with Gasteiger partial charge in [0, 0.05) is 28.4 Å². The molecule has 3 aromatic carbocycles. The molecule has 0 atom stereocenters. The minimum Gasteiger partial charge on any atom is -0.478 e. The molecule has 0 aliphatic rings. The smallest absolute Gasteiger partial charge is 0.335 e. The Morgan fingerprint density at radius 2 is 1.57 bits per heavy atom. The molecule has 0 bridgehead atoms. The lowest BCUT2D eigenvalue weighted by Gasteiger charge is -2.06. The lowest BCUT2D eigenvalue weighted by molar-refractivity contribution is 0.0697. The number of aromatic carboxylic acids is 1. The van der Waals surface area contributed by atoms with E-state index in [1.807, 2.05) is 18.2 Å². The summed E-state index contributed by atoms with van der Waals surface area (Å²) in [6.45, 7) is 3.26. The molecule has 1 aromatic heterocycles. The fraction of sp³-hybridized carbons (Fsp3) is 0.160. The van der Waals surface area contributed by atoms with Crippen molar-refractivity contribution in [2.45, 2.75) is 26.3 Å². The maximum Gasteiger partial charge on any atom is 0.335 e. The average molecular weight is 369 g/mol. The Balaban J connectivity index is 1.71. The third kappa shape index (κ3) is 3.44. The molecule has 140 valence electrons. The first-order valence-corrected chi connectivity index (χ1v) is 9.70. The number of carboxylic acids is 1. The Hall–Kier alpha value is -3.33. The molecule has 4 rings (SSSR count). The summed E-state index contributed by atoms with van der Waals surface area (Å²) in [4.78, 5) is 11.0. The van der Waals surface area contributed by atoms with E-state index < -0.39 is 5.97 Å². The summed E-state index contributed by atoms with van der Waals surface area (Å²) >= 11 is 0. The van der Waals surface area contributed by atoms with Crippen LogP contribution in [0.15, 0.2) is 66.7 Å². The third-order valence-electron chi connectivity index (χ3n) is 5.16. The highest BCUT2D eigenvalue weighted by Gasteiger charge is 2.10. The van der Waals surface area contributed by atoms with Crippen molar-refractivity contribution >= 4 is 39.9 Å². The lowest BCUT2D eigenvalue weighted by Crippen LogP contribution is -1.96. The summed E-state index contributed by atoms with van der Waals surface area (Å²) in [5.74, 6) is -0.902. The second kappa shape index (κ2) is 7.73. The van der Waals surface area contributed by atoms with Crippen molar-refractivity contribution in [1.82, 2.24) is 4.57 Å². The molecule has 0 unspecified atom stereocenters. The van der Waals surface area contributed by atoms with Crippen LogP contribution in [-0.2, 0) is 6.54 Å². The molecule has 4 aromatic rings. The highest BCUT2D eigenvalue weighted by atomic mass is 16.4. The number of hydrogen-bond donors (Lipinski definition) is 1. The molecule has 1 N–H and O–H groups in total. The molecule has 0 aliphatic heterocycles. The molecule has 0 radical (unpaired) electrons. The van der Waals surface area contributed by atoms with Crippen LogP contribution in [0.3, 0.4) is 0 Å². The summed E-state index contributed by atoms with van der Waals surface area (Å²) in [5.41, 5.74) is 4.98. The standard InChI is InChI=1S/C25H23NO2/c1-2-3-16-26-23-7-5-4-6-21(23)22-17-19(12-15-24(22)26)9-8-18-10-13-20(14-11-18)25(27)28/h4-15,17H,2-3,16H2,1H3,(H,27,28)/b9-8+. The predicted octanol–water partition coefficient (Wildman–Crippen LogP) is 6.46. The zero-order valence-electron chi connectivity index (χ0n) is 15.9. The van der Waals surface area contributed by atoms with Crippen LogP contribution in [0.25, 0.3) is 34.0 Å². The largest absolute Gasteiger partial charge is 0.478 e. The van der Waals surface area contributed by atoms with Gasteiger partial charge in [0.25, 0.3) is 0 Å². The van der Waals surface area contributed by atoms with Crippen molar-refractivity contribution in [3.63, 3.8) is 0 Å². The Kier molecular flexibility index (Phi) is 4.98. The van der Waals surface area contributed by atoms with Crippen molar-refractivity contribution < 1.29 is 9.90 Å². The van der Waals surface area contributed by atoms with E-state index in [0.717, 1.165) is 17.7 Å². The van der Waals surface area contributed by atoms with Gasteiger partial charge in [-0.15, -0.1) is 0 Å². The molecule has 0 amide bonds. The van der Waals surface area contributed by atoms with Crippen molar-refractivity contribution in [2.75, 3.05) is 0 Å². The van der Waals surface area contributed by atoms with Crippen LogP contribution in [0.5, 0.6) is 0 Å². The molecule has 3 nitrogen and oxygen atoms in total. The van der Waals surface area contributed by atoms with Crippen LogP contribution >= 0.6 is 0 Å². The summed E-state index contributed by atoms with van der Waals surface area (Å²) < 4.78 is 2.42. The van der Waals surface area contributed by atoms with Crippen LogP contribution in [0.4, 0.5) is 0 Å². The highest BCUT2D eigenvalue weighted by Crippen LogP contribution is 2.30. The molecule has 0 aliphatic carbocycles. The summed E-state index contributed by atoms with van der Waals surface area (Å²) in [6.07, 6.45) is 6.44. The van der Waals surface area contributed by atoms with Crippen LogP contribution in [-0.4, -0.2) is 15.6 Å². The number of aryl methyl sites for hydroxylation is 1. The monoisotopic (exact) mass is 369 g/mol. The van der Waals surface area contributed by atoms with E-state index in [1.165, 1.54) is 34.6 Å². The van der Waals surface area contributed by atoms with Gasteiger partial charge in [0.1, 0.15) is 0 Å². The Morgan fingerprint density at radius 3 is 2.32 bits per heavy atom. The molecule has 1 heterocycles. The van der Waals surface area contributed by atoms with Crippen LogP contribution in [0.2, 0.25) is 0 Å². The van der Waals surface area contributed by atoms with Gasteiger partial charge in [-0.2, -0.15) is 0 Å². The van der Waals surface area contributed by atoms with E-state index in [4.69, 9.17) is 5.11 Å². The molecule has 0 spiro atoms. The first-order chi connectivity index (χ1) is 13.7. The Labute approximate surface area is 164 Å². The predicted molar refractivity (Wildman–Crippen MR) is 117 cm³/mol. The molecule has 0 saturated heterocycles. The molecule has 3 heteroatoms. The first-order valence-electron chi connectivity index (χ1n) is 9.70. The van der Waals surface area contributed by atoms with E-state index in [1.54, 1.807) is 12.1 Å². The van der Waals surface area contributed by atoms with E-state index in [2.05, 4.69) is 60.0 Å². The number of aromatic nitrogens is 1. The quantitative estimate of drug-likeness (QED) is 0.396. The van der Waals surface area contributed by atoms with Gasteiger partial charge in [-0.1, -0.05) is 61.9 Å². The van der Waals surface area contributed by atoms with Gasteiger partial charge in [0.15, 0.2) is 0 Å². The number of benzene rings is 3. The molecule has 28 heavy (non-hydrogen) atoms. The van der Waals surface area contributed by atoms with Gasteiger partial charge in [-0.25, -0.2) is 4.79 Å². The zero-order chi connectivity index (χ0) is 19.5. The van der Waals surface area contributed by atoms with Gasteiger partial charge in [-0.05, 0) is 47.9 Å². The molecular formula is C25H23NO2. The SMILES string of the molecule is CCCCn1c2ccccc2c2cc(/C=C/c3ccc(C(=O)O)cc3)ccc21. The summed E-state index contributed by atoms with van der Waals surface area (Å²) in [6, 6.07) is 22.1. The number of para-hydroxylation sites is 1. The van der Waals surface area contributed by atoms with E-state index in [0.29, 0.717) is 5.56 Å². The van der Waals surface area contributed by atoms with Crippen molar-refractivity contribution in [2.24, 2.45) is 0 Å². The van der Waals surface area contributed by atoms with Crippen molar-refractivity contribution in [3.05, 3.63) is 83.4 Å². The van der Waals surface area contributed by atoms with Crippen LogP contribution in [0, 0.1) is 0 Å². The molecular weight excluding hydrogens is 346 g/mol. The average Bonchev–Trinajstić information content (AvgIpc) is 3.04. The van der Waals surface area contributed by atoms with Crippen LogP contribution in [0.1, 0.15) is 41.3 Å². The topological polar surface area (TPSA) is 42.2 Å². The number of carboxylic acid groups (broad SMARTS) is 1. The van der Waals surface area contributed by atoms with Gasteiger partial charge in [-0.3, -0.25) is 0 Å². The van der Waals surface area contributed by atoms with Gasteiger partial charge < -0.3 is 9.67 Å². The van der Waals surface area contributed by atoms with Gasteiger partial charge in [0.05, 0.1) is 5.56 Å². The van der Waals surface area contributed by atoms with E-state index in [-0.39, 0.29) is 0 Å². The Morgan fingerprint density at radius 1 is 0.893 bits per heavy atom. The van der Waals surface area contributed by atoms with E-state index in [9.17, 15) is 4.79 Å². The normalized spacial score (nSPS) is 11.6. The Bertz CT molecular complexity index is 1170. The van der Waals surface area contributed by atoms with Crippen molar-refractivity contribution in [1.29, 1.82) is 0 Å². The third-order valence-corrected chi connectivity index (χ3v) is 5.16. The van der Waals surface area contributed by atoms with Gasteiger partial charge in [0.2, 0.25) is 0 Å². The molecule has 0 saturated carbocycles. The maximum absolute atomic E-state index is 11.0. The van der Waals surface area contributed by atoms with Gasteiger partial charge >= 0.3 is 5.97 Å². The summed E-state index contributed by atoms with van der Waals surface area (Å²) in [7, 11) is 0. The number of hydrogen-bond acceptors (Lipinski definition) is 1. The summed E-state index contributed by atoms with van der Waals surface area (Å²) in [5, 5.41) is 11.6. The van der Waals surface area contributed by atoms with Crippen LogP contribution < -0.4 is 0 Å². The zero-order valence-corrected chi connectivity index (χ0v) is 15.9. The minimum absolute atomic E-state index is 0.304. The number of unbranched alkanes of at least 4 members (excludes halogenated alkanes) is 1.